The minimum atomic E-state index is -0.751. The van der Waals surface area contributed by atoms with Crippen LogP contribution in [0.25, 0.3) is 5.69 Å². The summed E-state index contributed by atoms with van der Waals surface area (Å²) in [4.78, 5) is 37.6. The Morgan fingerprint density at radius 1 is 1.00 bits per heavy atom. The first-order chi connectivity index (χ1) is 15.5. The highest BCUT2D eigenvalue weighted by molar-refractivity contribution is 5.91. The van der Waals surface area contributed by atoms with Gasteiger partial charge in [-0.05, 0) is 50.1 Å². The summed E-state index contributed by atoms with van der Waals surface area (Å²) in [6, 6.07) is 14.2. The fourth-order valence-electron chi connectivity index (χ4n) is 3.11. The quantitative estimate of drug-likeness (QED) is 0.545. The molecule has 0 saturated heterocycles. The molecule has 1 amide bonds. The van der Waals surface area contributed by atoms with E-state index in [1.165, 1.54) is 7.05 Å². The van der Waals surface area contributed by atoms with E-state index in [-0.39, 0.29) is 12.2 Å². The summed E-state index contributed by atoms with van der Waals surface area (Å²) in [6.45, 7) is 5.10. The number of aromatic nitrogens is 3. The zero-order valence-corrected chi connectivity index (χ0v) is 18.3. The summed E-state index contributed by atoms with van der Waals surface area (Å²) >= 11 is 0. The van der Waals surface area contributed by atoms with Gasteiger partial charge in [0, 0.05) is 13.6 Å². The van der Waals surface area contributed by atoms with Gasteiger partial charge in [0.05, 0.1) is 18.9 Å². The summed E-state index contributed by atoms with van der Waals surface area (Å²) in [5.41, 5.74) is -0.333. The molecule has 9 heteroatoms. The molecule has 9 nitrogen and oxygen atoms in total. The number of amides is 1. The second kappa shape index (κ2) is 10.4. The van der Waals surface area contributed by atoms with Gasteiger partial charge in [0.1, 0.15) is 0 Å². The molecule has 0 spiro atoms. The summed E-state index contributed by atoms with van der Waals surface area (Å²) in [6.07, 6.45) is 0.511. The van der Waals surface area contributed by atoms with Crippen LogP contribution in [0.2, 0.25) is 0 Å². The number of carbonyl (C=O) groups excluding carboxylic acids is 1. The maximum atomic E-state index is 12.7. The van der Waals surface area contributed by atoms with Gasteiger partial charge in [-0.2, -0.15) is 9.78 Å². The van der Waals surface area contributed by atoms with Gasteiger partial charge >= 0.3 is 5.69 Å². The van der Waals surface area contributed by atoms with Gasteiger partial charge < -0.3 is 14.8 Å². The van der Waals surface area contributed by atoms with Crippen molar-refractivity contribution >= 4 is 5.91 Å². The number of para-hydroxylation sites is 1. The van der Waals surface area contributed by atoms with E-state index in [1.807, 2.05) is 32.0 Å². The second-order valence-electron chi connectivity index (χ2n) is 6.90. The fraction of sp³-hybridized carbons (Fsp3) is 0.304. The third-order valence-corrected chi connectivity index (χ3v) is 4.70. The molecular weight excluding hydrogens is 412 g/mol. The van der Waals surface area contributed by atoms with E-state index in [2.05, 4.69) is 10.4 Å². The maximum absolute atomic E-state index is 12.7. The van der Waals surface area contributed by atoms with Crippen molar-refractivity contribution in [2.75, 3.05) is 19.8 Å². The molecule has 3 rings (SSSR count). The Labute approximate surface area is 185 Å². The molecule has 0 radical (unpaired) electrons. The molecule has 2 aromatic carbocycles. The summed E-state index contributed by atoms with van der Waals surface area (Å²) in [7, 11) is 1.32. The lowest BCUT2D eigenvalue weighted by atomic mass is 10.1. The zero-order chi connectivity index (χ0) is 23.1. The Hall–Kier alpha value is -3.88. The SMILES string of the molecule is CCOc1ccc(CCNC(=O)c2nn(-c3ccccc3)c(=O)n(C)c2=O)cc1OCC. The first-order valence-electron chi connectivity index (χ1n) is 10.4. The number of hydrogen-bond donors (Lipinski definition) is 1. The number of benzene rings is 2. The zero-order valence-electron chi connectivity index (χ0n) is 18.3. The van der Waals surface area contributed by atoms with Crippen LogP contribution in [0, 0.1) is 0 Å². The van der Waals surface area contributed by atoms with Crippen molar-refractivity contribution in [3.63, 3.8) is 0 Å². The Kier molecular flexibility index (Phi) is 7.43. The van der Waals surface area contributed by atoms with Gasteiger partial charge in [-0.15, -0.1) is 0 Å². The van der Waals surface area contributed by atoms with Crippen LogP contribution in [0.15, 0.2) is 58.1 Å². The van der Waals surface area contributed by atoms with Gasteiger partial charge in [-0.1, -0.05) is 24.3 Å². The number of hydrogen-bond acceptors (Lipinski definition) is 6. The number of nitrogens with zero attached hydrogens (tertiary/aromatic N) is 3. The van der Waals surface area contributed by atoms with Crippen LogP contribution in [0.1, 0.15) is 29.9 Å². The van der Waals surface area contributed by atoms with Gasteiger partial charge in [0.25, 0.3) is 11.5 Å². The third-order valence-electron chi connectivity index (χ3n) is 4.70. The van der Waals surface area contributed by atoms with E-state index in [4.69, 9.17) is 9.47 Å². The van der Waals surface area contributed by atoms with Crippen LogP contribution in [-0.2, 0) is 13.5 Å². The van der Waals surface area contributed by atoms with E-state index >= 15 is 0 Å². The van der Waals surface area contributed by atoms with Crippen LogP contribution >= 0.6 is 0 Å². The lowest BCUT2D eigenvalue weighted by molar-refractivity contribution is 0.0944. The highest BCUT2D eigenvalue weighted by Gasteiger charge is 2.18. The molecule has 1 heterocycles. The van der Waals surface area contributed by atoms with Gasteiger partial charge in [-0.3, -0.25) is 14.2 Å². The smallest absolute Gasteiger partial charge is 0.351 e. The summed E-state index contributed by atoms with van der Waals surface area (Å²) in [5.74, 6) is 0.660. The first kappa shape index (κ1) is 22.8. The average molecular weight is 438 g/mol. The van der Waals surface area contributed by atoms with Crippen molar-refractivity contribution in [1.82, 2.24) is 19.7 Å². The normalized spacial score (nSPS) is 10.6. The molecule has 0 aliphatic carbocycles. The van der Waals surface area contributed by atoms with E-state index < -0.39 is 17.2 Å². The Morgan fingerprint density at radius 3 is 2.38 bits per heavy atom. The number of ether oxygens (including phenoxy) is 2. The van der Waals surface area contributed by atoms with Crippen molar-refractivity contribution in [1.29, 1.82) is 0 Å². The van der Waals surface area contributed by atoms with Crippen molar-refractivity contribution in [3.8, 4) is 17.2 Å². The highest BCUT2D eigenvalue weighted by atomic mass is 16.5. The average Bonchev–Trinajstić information content (AvgIpc) is 2.80. The first-order valence-corrected chi connectivity index (χ1v) is 10.4. The molecule has 1 aromatic heterocycles. The lowest BCUT2D eigenvalue weighted by Gasteiger charge is -2.13. The van der Waals surface area contributed by atoms with Crippen LogP contribution in [-0.4, -0.2) is 40.0 Å². The van der Waals surface area contributed by atoms with Crippen LogP contribution in [0.3, 0.4) is 0 Å². The molecule has 0 fully saturated rings. The van der Waals surface area contributed by atoms with E-state index in [0.29, 0.717) is 36.8 Å². The molecule has 0 aliphatic rings. The molecule has 168 valence electrons. The lowest BCUT2D eigenvalue weighted by Crippen LogP contribution is -2.44. The number of carbonyl (C=O) groups is 1. The molecule has 1 N–H and O–H groups in total. The Bertz CT molecular complexity index is 1200. The molecular formula is C23H26N4O5. The molecule has 0 bridgehead atoms. The monoisotopic (exact) mass is 438 g/mol. The van der Waals surface area contributed by atoms with Gasteiger partial charge in [0.2, 0.25) is 5.69 Å². The molecule has 0 aliphatic heterocycles. The minimum Gasteiger partial charge on any atom is -0.490 e. The van der Waals surface area contributed by atoms with E-state index in [1.54, 1.807) is 30.3 Å². The standard InChI is InChI=1S/C23H26N4O5/c1-4-31-18-12-11-16(15-19(18)32-5-2)13-14-24-21(28)20-22(29)26(3)23(30)27(25-20)17-9-7-6-8-10-17/h6-12,15H,4-5,13-14H2,1-3H3,(H,24,28). The van der Waals surface area contributed by atoms with E-state index in [0.717, 1.165) is 14.8 Å². The Morgan fingerprint density at radius 2 is 1.69 bits per heavy atom. The topological polar surface area (TPSA) is 104 Å². The van der Waals surface area contributed by atoms with Crippen molar-refractivity contribution in [3.05, 3.63) is 80.6 Å². The van der Waals surface area contributed by atoms with Crippen LogP contribution in [0.4, 0.5) is 0 Å². The number of rotatable bonds is 9. The predicted molar refractivity (Wildman–Crippen MR) is 120 cm³/mol. The number of nitrogens with one attached hydrogen (secondary N) is 1. The molecule has 32 heavy (non-hydrogen) atoms. The summed E-state index contributed by atoms with van der Waals surface area (Å²) < 4.78 is 13.1. The molecule has 0 saturated carbocycles. The van der Waals surface area contributed by atoms with Crippen LogP contribution < -0.4 is 26.0 Å². The second-order valence-corrected chi connectivity index (χ2v) is 6.90. The van der Waals surface area contributed by atoms with Crippen molar-refractivity contribution < 1.29 is 14.3 Å². The molecule has 0 atom stereocenters. The highest BCUT2D eigenvalue weighted by Crippen LogP contribution is 2.28. The van der Waals surface area contributed by atoms with Crippen LogP contribution in [0.5, 0.6) is 11.5 Å². The Balaban J connectivity index is 1.76. The minimum absolute atomic E-state index is 0.272. The van der Waals surface area contributed by atoms with E-state index in [9.17, 15) is 14.4 Å². The fourth-order valence-corrected chi connectivity index (χ4v) is 3.11. The van der Waals surface area contributed by atoms with Crippen molar-refractivity contribution in [2.45, 2.75) is 20.3 Å². The van der Waals surface area contributed by atoms with Crippen molar-refractivity contribution in [2.24, 2.45) is 7.05 Å². The third kappa shape index (κ3) is 5.05. The molecule has 3 aromatic rings. The summed E-state index contributed by atoms with van der Waals surface area (Å²) in [5, 5.41) is 6.72. The predicted octanol–water partition coefficient (Wildman–Crippen LogP) is 1.70. The van der Waals surface area contributed by atoms with Gasteiger partial charge in [-0.25, -0.2) is 4.79 Å². The maximum Gasteiger partial charge on any atom is 0.351 e. The largest absolute Gasteiger partial charge is 0.490 e. The molecule has 0 unspecified atom stereocenters. The van der Waals surface area contributed by atoms with Gasteiger partial charge in [0.15, 0.2) is 11.5 Å².